The Kier molecular flexibility index (Phi) is 6.45. The fraction of sp³-hybridized carbons (Fsp3) is 0.379. The van der Waals surface area contributed by atoms with Crippen molar-refractivity contribution in [3.05, 3.63) is 71.9 Å². The Hall–Kier alpha value is -3.27. The molecule has 38 heavy (non-hydrogen) atoms. The van der Waals surface area contributed by atoms with E-state index in [0.29, 0.717) is 36.0 Å². The Bertz CT molecular complexity index is 1470. The summed E-state index contributed by atoms with van der Waals surface area (Å²) in [6.07, 6.45) is 3.40. The number of nitrogens with zero attached hydrogens (tertiary/aromatic N) is 2. The van der Waals surface area contributed by atoms with Gasteiger partial charge in [0.2, 0.25) is 16.8 Å². The maximum atomic E-state index is 13.4. The molecule has 6 rings (SSSR count). The molecule has 1 saturated carbocycles. The van der Waals surface area contributed by atoms with Gasteiger partial charge >= 0.3 is 0 Å². The van der Waals surface area contributed by atoms with E-state index in [1.807, 2.05) is 36.4 Å². The van der Waals surface area contributed by atoms with E-state index in [-0.39, 0.29) is 37.8 Å². The van der Waals surface area contributed by atoms with Gasteiger partial charge in [-0.25, -0.2) is 8.42 Å². The number of pyridine rings is 1. The van der Waals surface area contributed by atoms with Gasteiger partial charge in [-0.1, -0.05) is 24.3 Å². The summed E-state index contributed by atoms with van der Waals surface area (Å²) in [6, 6.07) is 18.0. The second-order valence-corrected chi connectivity index (χ2v) is 12.3. The lowest BCUT2D eigenvalue weighted by molar-refractivity contribution is -0.120. The molecule has 9 heteroatoms. The highest BCUT2D eigenvalue weighted by Gasteiger charge is 2.51. The van der Waals surface area contributed by atoms with Gasteiger partial charge in [0.25, 0.3) is 0 Å². The molecule has 0 amide bonds. The first kappa shape index (κ1) is 25.0. The zero-order valence-electron chi connectivity index (χ0n) is 21.0. The summed E-state index contributed by atoms with van der Waals surface area (Å²) in [6.45, 7) is 0.997. The van der Waals surface area contributed by atoms with Crippen molar-refractivity contribution in [1.82, 2.24) is 9.29 Å². The Labute approximate surface area is 223 Å². The average Bonchev–Trinajstić information content (AvgIpc) is 3.64. The largest absolute Gasteiger partial charge is 0.454 e. The number of hydrogen-bond donors (Lipinski definition) is 1. The predicted octanol–water partition coefficient (Wildman–Crippen LogP) is 3.96. The molecular weight excluding hydrogens is 504 g/mol. The molecule has 1 saturated heterocycles. The Morgan fingerprint density at radius 1 is 1.08 bits per heavy atom. The number of piperidine rings is 1. The Morgan fingerprint density at radius 3 is 2.63 bits per heavy atom. The topological polar surface area (TPSA) is 106 Å². The van der Waals surface area contributed by atoms with Crippen molar-refractivity contribution in [3.63, 3.8) is 0 Å². The first-order chi connectivity index (χ1) is 18.4. The predicted molar refractivity (Wildman–Crippen MR) is 143 cm³/mol. The van der Waals surface area contributed by atoms with Crippen LogP contribution in [0.25, 0.3) is 11.3 Å². The molecular formula is C29H32N2O6S. The normalized spacial score (nSPS) is 20.3. The zero-order chi connectivity index (χ0) is 26.3. The minimum absolute atomic E-state index is 0. The number of rotatable bonds is 8. The fourth-order valence-electron chi connectivity index (χ4n) is 5.46. The molecule has 0 radical (unpaired) electrons. The third kappa shape index (κ3) is 4.59. The van der Waals surface area contributed by atoms with Gasteiger partial charge in [0.15, 0.2) is 11.5 Å². The number of benzene rings is 2. The average molecular weight is 537 g/mol. The van der Waals surface area contributed by atoms with Crippen LogP contribution in [0.15, 0.2) is 65.6 Å². The van der Waals surface area contributed by atoms with Crippen molar-refractivity contribution in [2.75, 3.05) is 26.5 Å². The van der Waals surface area contributed by atoms with Gasteiger partial charge in [-0.3, -0.25) is 9.78 Å². The first-order valence-electron chi connectivity index (χ1n) is 13.0. The molecule has 1 aromatic heterocycles. The molecule has 1 aliphatic carbocycles. The number of Topliss-reactive ketones (excluding diaryl/α,β-unsaturated/α-hetero) is 1. The quantitative estimate of drug-likeness (QED) is 0.465. The summed E-state index contributed by atoms with van der Waals surface area (Å²) in [5.41, 5.74) is 2.60. The Morgan fingerprint density at radius 2 is 1.87 bits per heavy atom. The number of fused-ring (bicyclic) bond motifs is 1. The summed E-state index contributed by atoms with van der Waals surface area (Å²) < 4.78 is 38.6. The molecule has 3 aliphatic rings. The van der Waals surface area contributed by atoms with E-state index in [4.69, 9.17) is 14.5 Å². The number of ether oxygens (including phenoxy) is 2. The molecule has 3 heterocycles. The van der Waals surface area contributed by atoms with Crippen LogP contribution in [-0.2, 0) is 26.7 Å². The van der Waals surface area contributed by atoms with Crippen LogP contribution in [-0.4, -0.2) is 55.1 Å². The van der Waals surface area contributed by atoms with E-state index in [2.05, 4.69) is 0 Å². The summed E-state index contributed by atoms with van der Waals surface area (Å²) in [5, 5.41) is 9.46. The molecule has 200 valence electrons. The number of sulfonamides is 1. The van der Waals surface area contributed by atoms with Gasteiger partial charge in [0.1, 0.15) is 5.78 Å². The van der Waals surface area contributed by atoms with Crippen molar-refractivity contribution >= 4 is 15.8 Å². The molecule has 1 N–H and O–H groups in total. The highest BCUT2D eigenvalue weighted by molar-refractivity contribution is 7.89. The third-order valence-electron chi connectivity index (χ3n) is 7.89. The van der Waals surface area contributed by atoms with Gasteiger partial charge in [-0.05, 0) is 73.6 Å². The van der Waals surface area contributed by atoms with Crippen LogP contribution in [0.3, 0.4) is 0 Å². The maximum Gasteiger partial charge on any atom is 0.243 e. The van der Waals surface area contributed by atoms with E-state index in [1.165, 1.54) is 4.31 Å². The summed E-state index contributed by atoms with van der Waals surface area (Å²) >= 11 is 0. The molecule has 3 aromatic rings. The van der Waals surface area contributed by atoms with Gasteiger partial charge in [0.05, 0.1) is 16.0 Å². The third-order valence-corrected chi connectivity index (χ3v) is 9.76. The summed E-state index contributed by atoms with van der Waals surface area (Å²) in [4.78, 5) is 18.3. The molecule has 8 nitrogen and oxygen atoms in total. The fourth-order valence-corrected chi connectivity index (χ4v) is 7.02. The van der Waals surface area contributed by atoms with Gasteiger partial charge in [0, 0.05) is 38.8 Å². The lowest BCUT2D eigenvalue weighted by Crippen LogP contribution is -2.40. The van der Waals surface area contributed by atoms with Crippen LogP contribution >= 0.6 is 0 Å². The number of carbonyl (C=O) groups is 1. The number of aliphatic hydroxyl groups is 1. The van der Waals surface area contributed by atoms with E-state index in [0.717, 1.165) is 36.8 Å². The number of carbonyl (C=O) groups excluding carboxylic acids is 1. The van der Waals surface area contributed by atoms with E-state index >= 15 is 0 Å². The van der Waals surface area contributed by atoms with Crippen LogP contribution in [0.2, 0.25) is 0 Å². The number of hydrogen-bond acceptors (Lipinski definition) is 7. The SMILES string of the molecule is O=C(Cc1cccc(-c2ccc(S(=O)(=O)N3CCCC(CO)C3)cc2)n1)C1(c2ccc3c(c2)OCO3)CC1.[HH]. The van der Waals surface area contributed by atoms with E-state index in [9.17, 15) is 18.3 Å². The van der Waals surface area contributed by atoms with Gasteiger partial charge in [-0.2, -0.15) is 4.31 Å². The summed E-state index contributed by atoms with van der Waals surface area (Å²) in [5.74, 6) is 1.49. The molecule has 1 unspecified atom stereocenters. The minimum Gasteiger partial charge on any atom is -0.454 e. The highest BCUT2D eigenvalue weighted by Crippen LogP contribution is 2.51. The number of ketones is 1. The van der Waals surface area contributed by atoms with Crippen molar-refractivity contribution in [2.24, 2.45) is 5.92 Å². The van der Waals surface area contributed by atoms with Crippen molar-refractivity contribution in [1.29, 1.82) is 0 Å². The van der Waals surface area contributed by atoms with Crippen LogP contribution in [0, 0.1) is 5.92 Å². The first-order valence-corrected chi connectivity index (χ1v) is 14.4. The molecule has 0 bridgehead atoms. The second-order valence-electron chi connectivity index (χ2n) is 10.3. The molecule has 2 fully saturated rings. The van der Waals surface area contributed by atoms with Crippen LogP contribution in [0.1, 0.15) is 38.4 Å². The van der Waals surface area contributed by atoms with Gasteiger partial charge < -0.3 is 14.6 Å². The second kappa shape index (κ2) is 9.80. The molecule has 2 aliphatic heterocycles. The smallest absolute Gasteiger partial charge is 0.243 e. The molecule has 1 atom stereocenters. The maximum absolute atomic E-state index is 13.4. The molecule has 0 spiro atoms. The Balaban J connectivity index is 0.00000308. The lowest BCUT2D eigenvalue weighted by atomic mass is 9.88. The van der Waals surface area contributed by atoms with Crippen molar-refractivity contribution in [2.45, 2.75) is 42.4 Å². The van der Waals surface area contributed by atoms with Crippen molar-refractivity contribution < 1.29 is 29.2 Å². The zero-order valence-corrected chi connectivity index (χ0v) is 21.8. The number of aliphatic hydroxyl groups excluding tert-OH is 1. The van der Waals surface area contributed by atoms with Gasteiger partial charge in [-0.15, -0.1) is 0 Å². The van der Waals surface area contributed by atoms with Crippen LogP contribution < -0.4 is 9.47 Å². The van der Waals surface area contributed by atoms with Crippen LogP contribution in [0.4, 0.5) is 0 Å². The monoisotopic (exact) mass is 536 g/mol. The van der Waals surface area contributed by atoms with Crippen molar-refractivity contribution in [3.8, 4) is 22.8 Å². The summed E-state index contributed by atoms with van der Waals surface area (Å²) in [7, 11) is -3.63. The minimum atomic E-state index is -3.63. The van der Waals surface area contributed by atoms with E-state index in [1.54, 1.807) is 24.3 Å². The number of aromatic nitrogens is 1. The standard InChI is InChI=1S/C29H30N2O6S.H2/c32-18-20-3-2-14-31(17-20)38(34,35)24-9-6-21(7-10-24)25-5-1-4-23(30-25)16-28(33)29(12-13-29)22-8-11-26-27(15-22)37-19-36-26;/h1,4-11,15,20,32H,2-3,12-14,16-19H2;1H. The van der Waals surface area contributed by atoms with Crippen LogP contribution in [0.5, 0.6) is 11.5 Å². The molecule has 2 aromatic carbocycles. The lowest BCUT2D eigenvalue weighted by Gasteiger charge is -2.30. The van der Waals surface area contributed by atoms with E-state index < -0.39 is 15.4 Å². The highest BCUT2D eigenvalue weighted by atomic mass is 32.2.